The third kappa shape index (κ3) is 4.74. The van der Waals surface area contributed by atoms with Crippen LogP contribution in [0.5, 0.6) is 0 Å². The van der Waals surface area contributed by atoms with Crippen LogP contribution >= 0.6 is 0 Å². The number of rotatable bonds is 7. The first-order chi connectivity index (χ1) is 15.0. The molecule has 2 heterocycles. The number of imidazole rings is 1. The number of nitrogens with one attached hydrogen (secondary N) is 1. The van der Waals surface area contributed by atoms with Crippen LogP contribution in [0.15, 0.2) is 58.8 Å². The lowest BCUT2D eigenvalue weighted by atomic mass is 10.2. The van der Waals surface area contributed by atoms with E-state index in [9.17, 15) is 14.4 Å². The van der Waals surface area contributed by atoms with E-state index in [-0.39, 0.29) is 19.3 Å². The fourth-order valence-corrected chi connectivity index (χ4v) is 3.06. The van der Waals surface area contributed by atoms with Crippen LogP contribution in [-0.4, -0.2) is 46.4 Å². The Morgan fingerprint density at radius 1 is 1.10 bits per heavy atom. The number of hydrogen-bond acceptors (Lipinski definition) is 8. The molecule has 0 unspecified atom stereocenters. The van der Waals surface area contributed by atoms with Crippen LogP contribution in [0.25, 0.3) is 11.0 Å². The van der Waals surface area contributed by atoms with Crippen LogP contribution in [0, 0.1) is 0 Å². The number of hydroxylamine groups is 2. The van der Waals surface area contributed by atoms with Crippen molar-refractivity contribution in [3.8, 4) is 0 Å². The summed E-state index contributed by atoms with van der Waals surface area (Å²) in [6.45, 7) is 0.356. The minimum absolute atomic E-state index is 0.0288. The smallest absolute Gasteiger partial charge is 0.334 e. The molecule has 1 aromatic heterocycles. The average Bonchev–Trinajstić information content (AvgIpc) is 3.34. The first-order valence-corrected chi connectivity index (χ1v) is 9.74. The van der Waals surface area contributed by atoms with Crippen molar-refractivity contribution in [1.82, 2.24) is 15.0 Å². The summed E-state index contributed by atoms with van der Waals surface area (Å²) in [5, 5.41) is 8.88. The van der Waals surface area contributed by atoms with Gasteiger partial charge in [-0.25, -0.2) is 9.78 Å². The van der Waals surface area contributed by atoms with Gasteiger partial charge in [-0.3, -0.25) is 9.59 Å². The van der Waals surface area contributed by atoms with E-state index >= 15 is 0 Å². The summed E-state index contributed by atoms with van der Waals surface area (Å²) in [6, 6.07) is 15.0. The summed E-state index contributed by atoms with van der Waals surface area (Å²) in [5.74, 6) is -1.18. The third-order valence-corrected chi connectivity index (χ3v) is 4.78. The quantitative estimate of drug-likeness (QED) is 0.462. The molecule has 3 aromatic rings. The van der Waals surface area contributed by atoms with E-state index in [1.165, 1.54) is 0 Å². The number of azo groups is 1. The molecule has 2 aromatic carbocycles. The summed E-state index contributed by atoms with van der Waals surface area (Å²) in [4.78, 5) is 49.1. The second-order valence-electron chi connectivity index (χ2n) is 7.01. The molecule has 1 aliphatic rings. The van der Waals surface area contributed by atoms with Crippen molar-refractivity contribution in [2.75, 3.05) is 18.5 Å². The van der Waals surface area contributed by atoms with Crippen LogP contribution < -0.4 is 4.90 Å². The van der Waals surface area contributed by atoms with Gasteiger partial charge in [0.25, 0.3) is 11.8 Å². The topological polar surface area (TPSA) is 120 Å². The second kappa shape index (κ2) is 8.74. The van der Waals surface area contributed by atoms with Gasteiger partial charge in [0, 0.05) is 32.1 Å². The zero-order chi connectivity index (χ0) is 21.8. The van der Waals surface area contributed by atoms with Crippen LogP contribution in [0.3, 0.4) is 0 Å². The lowest BCUT2D eigenvalue weighted by molar-refractivity contribution is -0.197. The molecular weight excluding hydrogens is 400 g/mol. The molecule has 0 bridgehead atoms. The van der Waals surface area contributed by atoms with Gasteiger partial charge in [-0.1, -0.05) is 12.1 Å². The Labute approximate surface area is 177 Å². The minimum Gasteiger partial charge on any atom is -0.374 e. The van der Waals surface area contributed by atoms with Crippen molar-refractivity contribution >= 4 is 46.1 Å². The van der Waals surface area contributed by atoms with Crippen molar-refractivity contribution < 1.29 is 19.2 Å². The molecule has 2 amide bonds. The van der Waals surface area contributed by atoms with Gasteiger partial charge in [0.2, 0.25) is 5.95 Å². The highest BCUT2D eigenvalue weighted by atomic mass is 16.7. The average molecular weight is 420 g/mol. The second-order valence-corrected chi connectivity index (χ2v) is 7.01. The predicted molar refractivity (Wildman–Crippen MR) is 112 cm³/mol. The third-order valence-electron chi connectivity index (χ3n) is 4.78. The van der Waals surface area contributed by atoms with E-state index in [4.69, 9.17) is 4.84 Å². The van der Waals surface area contributed by atoms with E-state index in [0.29, 0.717) is 23.2 Å². The number of carbonyl (C=O) groups excluding carboxylic acids is 3. The first-order valence-electron chi connectivity index (χ1n) is 9.74. The number of carbonyl (C=O) groups is 3. The number of anilines is 1. The molecule has 1 N–H and O–H groups in total. The van der Waals surface area contributed by atoms with E-state index < -0.39 is 17.8 Å². The van der Waals surface area contributed by atoms with Crippen molar-refractivity contribution in [2.24, 2.45) is 10.2 Å². The van der Waals surface area contributed by atoms with E-state index in [0.717, 1.165) is 16.7 Å². The number of hydrogen-bond donors (Lipinski definition) is 1. The fraction of sp³-hybridized carbons (Fsp3) is 0.238. The highest BCUT2D eigenvalue weighted by molar-refractivity contribution is 6.01. The Morgan fingerprint density at radius 2 is 1.81 bits per heavy atom. The number of para-hydroxylation sites is 2. The molecule has 1 saturated heterocycles. The molecule has 158 valence electrons. The largest absolute Gasteiger partial charge is 0.374 e. The van der Waals surface area contributed by atoms with Crippen LogP contribution in [0.2, 0.25) is 0 Å². The van der Waals surface area contributed by atoms with Crippen LogP contribution in [-0.2, 0) is 19.2 Å². The van der Waals surface area contributed by atoms with Crippen LogP contribution in [0.1, 0.15) is 19.3 Å². The molecule has 0 radical (unpaired) electrons. The number of aromatic nitrogens is 2. The SMILES string of the molecule is CN(CCC(=O)ON1C(=O)CCC1=O)c1ccc(N=Nc2nc3ccccc3[nH]2)cc1. The molecule has 31 heavy (non-hydrogen) atoms. The van der Waals surface area contributed by atoms with E-state index in [2.05, 4.69) is 20.2 Å². The zero-order valence-corrected chi connectivity index (χ0v) is 16.8. The van der Waals surface area contributed by atoms with E-state index in [1.807, 2.05) is 48.3 Å². The maximum atomic E-state index is 11.9. The molecule has 10 nitrogen and oxygen atoms in total. The van der Waals surface area contributed by atoms with Crippen molar-refractivity contribution in [2.45, 2.75) is 19.3 Å². The van der Waals surface area contributed by atoms with Crippen molar-refractivity contribution in [1.29, 1.82) is 0 Å². The van der Waals surface area contributed by atoms with Gasteiger partial charge < -0.3 is 14.7 Å². The Hall–Kier alpha value is -4.08. The van der Waals surface area contributed by atoms with Gasteiger partial charge in [0.15, 0.2) is 0 Å². The van der Waals surface area contributed by atoms with Gasteiger partial charge in [-0.15, -0.1) is 15.3 Å². The van der Waals surface area contributed by atoms with Crippen molar-refractivity contribution in [3.05, 3.63) is 48.5 Å². The molecule has 0 spiro atoms. The summed E-state index contributed by atoms with van der Waals surface area (Å²) in [7, 11) is 1.82. The minimum atomic E-state index is -0.633. The van der Waals surface area contributed by atoms with E-state index in [1.54, 1.807) is 12.1 Å². The summed E-state index contributed by atoms with van der Waals surface area (Å²) in [6.07, 6.45) is 0.180. The first kappa shape index (κ1) is 20.2. The Balaban J connectivity index is 1.30. The highest BCUT2D eigenvalue weighted by Crippen LogP contribution is 2.22. The standard InChI is InChI=1S/C21H20N6O4/c1-26(13-12-20(30)31-27-18(28)10-11-19(27)29)15-8-6-14(7-9-15)24-25-21-22-16-4-2-3-5-17(16)23-21/h2-9H,10-13H2,1H3,(H,22,23). The molecule has 0 atom stereocenters. The summed E-state index contributed by atoms with van der Waals surface area (Å²) >= 11 is 0. The summed E-state index contributed by atoms with van der Waals surface area (Å²) < 4.78 is 0. The predicted octanol–water partition coefficient (Wildman–Crippen LogP) is 3.41. The lowest BCUT2D eigenvalue weighted by Gasteiger charge is -2.19. The van der Waals surface area contributed by atoms with Gasteiger partial charge in [-0.2, -0.15) is 0 Å². The number of benzene rings is 2. The molecule has 1 fully saturated rings. The molecule has 0 aliphatic carbocycles. The molecule has 4 rings (SSSR count). The number of amides is 2. The maximum Gasteiger partial charge on any atom is 0.334 e. The Kier molecular flexibility index (Phi) is 5.69. The van der Waals surface area contributed by atoms with Gasteiger partial charge >= 0.3 is 5.97 Å². The number of imide groups is 1. The van der Waals surface area contributed by atoms with Crippen molar-refractivity contribution in [3.63, 3.8) is 0 Å². The number of fused-ring (bicyclic) bond motifs is 1. The Bertz CT molecular complexity index is 1110. The zero-order valence-electron chi connectivity index (χ0n) is 16.8. The van der Waals surface area contributed by atoms with Gasteiger partial charge in [0.05, 0.1) is 23.1 Å². The van der Waals surface area contributed by atoms with Crippen LogP contribution in [0.4, 0.5) is 17.3 Å². The van der Waals surface area contributed by atoms with Gasteiger partial charge in [-0.05, 0) is 36.4 Å². The molecular formula is C21H20N6O4. The fourth-order valence-electron chi connectivity index (χ4n) is 3.06. The Morgan fingerprint density at radius 3 is 2.52 bits per heavy atom. The normalized spacial score (nSPS) is 14.0. The number of H-pyrrole nitrogens is 1. The number of aromatic amines is 1. The maximum absolute atomic E-state index is 11.9. The lowest BCUT2D eigenvalue weighted by Crippen LogP contribution is -2.33. The summed E-state index contributed by atoms with van der Waals surface area (Å²) in [5.41, 5.74) is 3.24. The van der Waals surface area contributed by atoms with Gasteiger partial charge in [0.1, 0.15) is 0 Å². The molecule has 0 saturated carbocycles. The number of nitrogens with zero attached hydrogens (tertiary/aromatic N) is 5. The monoisotopic (exact) mass is 420 g/mol. The molecule has 1 aliphatic heterocycles. The molecule has 10 heteroatoms. The highest BCUT2D eigenvalue weighted by Gasteiger charge is 2.32.